The Kier molecular flexibility index (Phi) is 3.95. The van der Waals surface area contributed by atoms with Crippen LogP contribution in [-0.2, 0) is 7.05 Å². The van der Waals surface area contributed by atoms with Gasteiger partial charge in [-0.1, -0.05) is 54.9 Å². The van der Waals surface area contributed by atoms with Gasteiger partial charge in [0.1, 0.15) is 0 Å². The number of aryl methyl sites for hydroxylation is 1. The van der Waals surface area contributed by atoms with E-state index >= 15 is 0 Å². The minimum absolute atomic E-state index is 0.0413. The predicted octanol–water partition coefficient (Wildman–Crippen LogP) is 3.93. The molecule has 3 nitrogen and oxygen atoms in total. The van der Waals surface area contributed by atoms with Crippen LogP contribution in [0.1, 0.15) is 24.2 Å². The molecule has 1 atom stereocenters. The van der Waals surface area contributed by atoms with Crippen LogP contribution >= 0.6 is 11.6 Å². The molecule has 1 unspecified atom stereocenters. The van der Waals surface area contributed by atoms with Crippen molar-refractivity contribution in [2.24, 2.45) is 7.05 Å². The van der Waals surface area contributed by atoms with E-state index in [0.29, 0.717) is 5.02 Å². The normalized spacial score (nSPS) is 12.7. The number of nitrogens with zero attached hydrogens (tertiary/aromatic N) is 2. The quantitative estimate of drug-likeness (QED) is 0.791. The number of halogens is 1. The minimum Gasteiger partial charge on any atom is -0.305 e. The van der Waals surface area contributed by atoms with E-state index in [1.54, 1.807) is 6.20 Å². The number of fused-ring (bicyclic) bond motifs is 1. The second kappa shape index (κ2) is 5.88. The smallest absolute Gasteiger partial charge is 0.0837 e. The lowest BCUT2D eigenvalue weighted by molar-refractivity contribution is 0.573. The average Bonchev–Trinajstić information content (AvgIpc) is 2.84. The lowest BCUT2D eigenvalue weighted by atomic mass is 9.99. The molecule has 0 aliphatic heterocycles. The van der Waals surface area contributed by atoms with Gasteiger partial charge < -0.3 is 5.32 Å². The standard InChI is InChI=1S/C17H18ClN3/c1-3-19-16(17-15(18)11-20-21(17)2)14-9-8-12-6-4-5-7-13(12)10-14/h4-11,16,19H,3H2,1-2H3. The van der Waals surface area contributed by atoms with Gasteiger partial charge in [-0.15, -0.1) is 0 Å². The molecule has 0 aliphatic carbocycles. The fourth-order valence-corrected chi connectivity index (χ4v) is 2.98. The molecule has 0 saturated heterocycles. The summed E-state index contributed by atoms with van der Waals surface area (Å²) in [6.45, 7) is 2.96. The number of hydrogen-bond donors (Lipinski definition) is 1. The maximum atomic E-state index is 6.32. The molecular formula is C17H18ClN3. The van der Waals surface area contributed by atoms with Crippen LogP contribution in [0, 0.1) is 0 Å². The van der Waals surface area contributed by atoms with Crippen LogP contribution in [0.2, 0.25) is 5.02 Å². The van der Waals surface area contributed by atoms with Crippen LogP contribution in [0.3, 0.4) is 0 Å². The summed E-state index contributed by atoms with van der Waals surface area (Å²) in [5.74, 6) is 0. The van der Waals surface area contributed by atoms with Crippen LogP contribution in [0.4, 0.5) is 0 Å². The number of hydrogen-bond acceptors (Lipinski definition) is 2. The van der Waals surface area contributed by atoms with E-state index in [1.165, 1.54) is 16.3 Å². The third-order valence-electron chi connectivity index (χ3n) is 3.73. The molecule has 0 spiro atoms. The molecule has 3 rings (SSSR count). The monoisotopic (exact) mass is 299 g/mol. The van der Waals surface area contributed by atoms with Gasteiger partial charge >= 0.3 is 0 Å². The van der Waals surface area contributed by atoms with Crippen molar-refractivity contribution in [3.8, 4) is 0 Å². The lowest BCUT2D eigenvalue weighted by Gasteiger charge is -2.20. The Morgan fingerprint density at radius 2 is 1.95 bits per heavy atom. The van der Waals surface area contributed by atoms with Crippen molar-refractivity contribution >= 4 is 22.4 Å². The van der Waals surface area contributed by atoms with Crippen LogP contribution < -0.4 is 5.32 Å². The Hall–Kier alpha value is -1.84. The largest absolute Gasteiger partial charge is 0.305 e. The molecule has 0 amide bonds. The van der Waals surface area contributed by atoms with Gasteiger partial charge in [0, 0.05) is 7.05 Å². The lowest BCUT2D eigenvalue weighted by Crippen LogP contribution is -2.24. The minimum atomic E-state index is 0.0413. The first-order valence-corrected chi connectivity index (χ1v) is 7.48. The van der Waals surface area contributed by atoms with Crippen molar-refractivity contribution in [2.75, 3.05) is 6.54 Å². The first-order chi connectivity index (χ1) is 10.2. The molecule has 108 valence electrons. The maximum Gasteiger partial charge on any atom is 0.0837 e. The summed E-state index contributed by atoms with van der Waals surface area (Å²) in [6.07, 6.45) is 1.70. The second-order valence-electron chi connectivity index (χ2n) is 5.10. The summed E-state index contributed by atoms with van der Waals surface area (Å²) >= 11 is 6.32. The van der Waals surface area contributed by atoms with Crippen LogP contribution in [0.25, 0.3) is 10.8 Å². The summed E-state index contributed by atoms with van der Waals surface area (Å²) in [6, 6.07) is 14.9. The molecule has 1 N–H and O–H groups in total. The molecule has 4 heteroatoms. The highest BCUT2D eigenvalue weighted by Gasteiger charge is 2.20. The van der Waals surface area contributed by atoms with Crippen molar-refractivity contribution in [3.05, 3.63) is 64.9 Å². The van der Waals surface area contributed by atoms with E-state index in [0.717, 1.165) is 12.2 Å². The Balaban J connectivity index is 2.11. The predicted molar refractivity (Wildman–Crippen MR) is 87.7 cm³/mol. The topological polar surface area (TPSA) is 29.9 Å². The third kappa shape index (κ3) is 2.67. The molecule has 0 bridgehead atoms. The highest BCUT2D eigenvalue weighted by Crippen LogP contribution is 2.29. The summed E-state index contributed by atoms with van der Waals surface area (Å²) in [4.78, 5) is 0. The molecule has 0 saturated carbocycles. The number of nitrogens with one attached hydrogen (secondary N) is 1. The fraction of sp³-hybridized carbons (Fsp3) is 0.235. The highest BCUT2D eigenvalue weighted by molar-refractivity contribution is 6.31. The SMILES string of the molecule is CCNC(c1ccc2ccccc2c1)c1c(Cl)cnn1C. The Morgan fingerprint density at radius 1 is 1.19 bits per heavy atom. The summed E-state index contributed by atoms with van der Waals surface area (Å²) in [5, 5.41) is 10.9. The Labute approximate surface area is 129 Å². The number of rotatable bonds is 4. The molecule has 3 aromatic rings. The zero-order valence-electron chi connectivity index (χ0n) is 12.2. The van der Waals surface area contributed by atoms with Gasteiger partial charge in [0.15, 0.2) is 0 Å². The summed E-state index contributed by atoms with van der Waals surface area (Å²) < 4.78 is 1.84. The molecule has 1 heterocycles. The van der Waals surface area contributed by atoms with E-state index in [-0.39, 0.29) is 6.04 Å². The number of aromatic nitrogens is 2. The zero-order valence-corrected chi connectivity index (χ0v) is 12.9. The molecule has 1 aromatic heterocycles. The van der Waals surface area contributed by atoms with Gasteiger partial charge in [-0.25, -0.2) is 0 Å². The van der Waals surface area contributed by atoms with Crippen molar-refractivity contribution in [1.82, 2.24) is 15.1 Å². The maximum absolute atomic E-state index is 6.32. The van der Waals surface area contributed by atoms with E-state index < -0.39 is 0 Å². The zero-order chi connectivity index (χ0) is 14.8. The van der Waals surface area contributed by atoms with E-state index in [2.05, 4.69) is 59.8 Å². The van der Waals surface area contributed by atoms with E-state index in [9.17, 15) is 0 Å². The Morgan fingerprint density at radius 3 is 2.62 bits per heavy atom. The first-order valence-electron chi connectivity index (χ1n) is 7.10. The molecule has 21 heavy (non-hydrogen) atoms. The van der Waals surface area contributed by atoms with E-state index in [4.69, 9.17) is 11.6 Å². The van der Waals surface area contributed by atoms with Gasteiger partial charge in [-0.2, -0.15) is 5.10 Å². The van der Waals surface area contributed by atoms with Gasteiger partial charge in [-0.3, -0.25) is 4.68 Å². The second-order valence-corrected chi connectivity index (χ2v) is 5.51. The van der Waals surface area contributed by atoms with Crippen molar-refractivity contribution in [2.45, 2.75) is 13.0 Å². The van der Waals surface area contributed by atoms with Gasteiger partial charge in [0.05, 0.1) is 23.0 Å². The van der Waals surface area contributed by atoms with Crippen LogP contribution in [0.15, 0.2) is 48.7 Å². The van der Waals surface area contributed by atoms with Crippen molar-refractivity contribution < 1.29 is 0 Å². The Bertz CT molecular complexity index is 744. The van der Waals surface area contributed by atoms with Gasteiger partial charge in [0.25, 0.3) is 0 Å². The molecule has 2 aromatic carbocycles. The highest BCUT2D eigenvalue weighted by atomic mass is 35.5. The molecule has 0 aliphatic rings. The third-order valence-corrected chi connectivity index (χ3v) is 4.02. The average molecular weight is 300 g/mol. The van der Waals surface area contributed by atoms with Gasteiger partial charge in [0.2, 0.25) is 0 Å². The molecule has 0 radical (unpaired) electrons. The fourth-order valence-electron chi connectivity index (χ4n) is 2.71. The van der Waals surface area contributed by atoms with E-state index in [1.807, 2.05) is 11.7 Å². The summed E-state index contributed by atoms with van der Waals surface area (Å²) in [7, 11) is 1.92. The van der Waals surface area contributed by atoms with Crippen molar-refractivity contribution in [3.63, 3.8) is 0 Å². The molecule has 0 fully saturated rings. The first kappa shape index (κ1) is 14.1. The van der Waals surface area contributed by atoms with Crippen LogP contribution in [-0.4, -0.2) is 16.3 Å². The van der Waals surface area contributed by atoms with Gasteiger partial charge in [-0.05, 0) is 28.9 Å². The number of benzene rings is 2. The summed E-state index contributed by atoms with van der Waals surface area (Å²) in [5.41, 5.74) is 2.19. The molecular weight excluding hydrogens is 282 g/mol. The van der Waals surface area contributed by atoms with Crippen LogP contribution in [0.5, 0.6) is 0 Å². The van der Waals surface area contributed by atoms with Crippen molar-refractivity contribution in [1.29, 1.82) is 0 Å².